The van der Waals surface area contributed by atoms with Gasteiger partial charge < -0.3 is 10.7 Å². The molecule has 1 aliphatic rings. The van der Waals surface area contributed by atoms with Gasteiger partial charge in [0.05, 0.1) is 16.4 Å². The summed E-state index contributed by atoms with van der Waals surface area (Å²) in [6.45, 7) is 0. The fourth-order valence-corrected chi connectivity index (χ4v) is 2.21. The molecule has 0 bridgehead atoms. The lowest BCUT2D eigenvalue weighted by molar-refractivity contribution is -0.115. The molecule has 0 atom stereocenters. The predicted octanol–water partition coefficient (Wildman–Crippen LogP) is 0.237. The van der Waals surface area contributed by atoms with Crippen LogP contribution in [0.5, 0.6) is 0 Å². The van der Waals surface area contributed by atoms with Crippen LogP contribution < -0.4 is 11.3 Å². The standard InChI is InChI=1S/C8H8N4O2S2/c9-4(13)2-16-5-1-3-6(10-5)11-8(15)12-7(3)14/h1-2H2,(H2,9,13)(H2,11,12,14,15). The molecule has 0 saturated heterocycles. The number of hydrogen-bond donors (Lipinski definition) is 3. The fourth-order valence-electron chi connectivity index (χ4n) is 1.31. The molecule has 8 heteroatoms. The van der Waals surface area contributed by atoms with Gasteiger partial charge in [0.1, 0.15) is 5.82 Å². The molecule has 0 saturated carbocycles. The van der Waals surface area contributed by atoms with Crippen molar-refractivity contribution in [2.45, 2.75) is 6.42 Å². The third-order valence-corrected chi connectivity index (χ3v) is 3.17. The highest BCUT2D eigenvalue weighted by atomic mass is 32.2. The van der Waals surface area contributed by atoms with E-state index in [1.807, 2.05) is 0 Å². The maximum absolute atomic E-state index is 11.5. The number of hydrogen-bond acceptors (Lipinski definition) is 5. The maximum Gasteiger partial charge on any atom is 0.257 e. The molecule has 1 aromatic heterocycles. The number of rotatable bonds is 2. The second kappa shape index (κ2) is 4.22. The van der Waals surface area contributed by atoms with Gasteiger partial charge in [-0.15, -0.1) is 11.8 Å². The number of nitrogens with one attached hydrogen (secondary N) is 2. The van der Waals surface area contributed by atoms with Crippen molar-refractivity contribution < 1.29 is 4.79 Å². The summed E-state index contributed by atoms with van der Waals surface area (Å²) in [4.78, 5) is 31.6. The van der Waals surface area contributed by atoms with Gasteiger partial charge in [-0.2, -0.15) is 0 Å². The van der Waals surface area contributed by atoms with Gasteiger partial charge in [-0.25, -0.2) is 4.99 Å². The van der Waals surface area contributed by atoms with Crippen LogP contribution in [0.3, 0.4) is 0 Å². The van der Waals surface area contributed by atoms with E-state index in [2.05, 4.69) is 15.0 Å². The zero-order valence-corrected chi connectivity index (χ0v) is 9.70. The second-order valence-corrected chi connectivity index (χ2v) is 4.63. The van der Waals surface area contributed by atoms with Crippen LogP contribution in [0.1, 0.15) is 5.56 Å². The number of aromatic nitrogens is 2. The monoisotopic (exact) mass is 256 g/mol. The minimum absolute atomic E-state index is 0.158. The average Bonchev–Trinajstić information content (AvgIpc) is 2.57. The van der Waals surface area contributed by atoms with Crippen molar-refractivity contribution in [1.29, 1.82) is 0 Å². The zero-order valence-electron chi connectivity index (χ0n) is 8.07. The van der Waals surface area contributed by atoms with Crippen molar-refractivity contribution in [3.05, 3.63) is 20.7 Å². The molecule has 2 heterocycles. The summed E-state index contributed by atoms with van der Waals surface area (Å²) in [5, 5.41) is 0.691. The van der Waals surface area contributed by atoms with Gasteiger partial charge in [0.2, 0.25) is 5.91 Å². The first-order chi connectivity index (χ1) is 7.56. The molecule has 2 rings (SSSR count). The molecule has 0 aromatic carbocycles. The first-order valence-electron chi connectivity index (χ1n) is 4.40. The van der Waals surface area contributed by atoms with Crippen molar-refractivity contribution in [3.8, 4) is 0 Å². The van der Waals surface area contributed by atoms with Gasteiger partial charge in [0.15, 0.2) is 4.77 Å². The SMILES string of the molecule is NC(=O)CSC1=Nc2[nH]c(=S)[nH]c(=O)c2C1. The van der Waals surface area contributed by atoms with Crippen LogP contribution in [-0.2, 0) is 11.2 Å². The number of amides is 1. The van der Waals surface area contributed by atoms with Crippen molar-refractivity contribution >= 4 is 40.7 Å². The normalized spacial score (nSPS) is 13.4. The highest BCUT2D eigenvalue weighted by Crippen LogP contribution is 2.24. The maximum atomic E-state index is 11.5. The molecule has 6 nitrogen and oxygen atoms in total. The molecule has 1 aromatic rings. The smallest absolute Gasteiger partial charge is 0.257 e. The number of carbonyl (C=O) groups excluding carboxylic acids is 1. The second-order valence-electron chi connectivity index (χ2n) is 3.17. The Kier molecular flexibility index (Phi) is 2.92. The number of primary amides is 1. The van der Waals surface area contributed by atoms with Gasteiger partial charge >= 0.3 is 0 Å². The van der Waals surface area contributed by atoms with Crippen molar-refractivity contribution in [2.24, 2.45) is 10.7 Å². The minimum atomic E-state index is -0.412. The fraction of sp³-hybridized carbons (Fsp3) is 0.250. The van der Waals surface area contributed by atoms with Gasteiger partial charge in [0.25, 0.3) is 5.56 Å². The molecule has 84 valence electrons. The highest BCUT2D eigenvalue weighted by Gasteiger charge is 2.19. The van der Waals surface area contributed by atoms with E-state index in [1.165, 1.54) is 11.8 Å². The lowest BCUT2D eigenvalue weighted by atomic mass is 10.3. The van der Waals surface area contributed by atoms with Gasteiger partial charge in [0, 0.05) is 6.42 Å². The summed E-state index contributed by atoms with van der Waals surface area (Å²) < 4.78 is 0.244. The number of nitrogens with two attached hydrogens (primary N) is 1. The predicted molar refractivity (Wildman–Crippen MR) is 64.7 cm³/mol. The number of carbonyl (C=O) groups is 1. The van der Waals surface area contributed by atoms with Crippen molar-refractivity contribution in [1.82, 2.24) is 9.97 Å². The Morgan fingerprint density at radius 1 is 1.56 bits per heavy atom. The van der Waals surface area contributed by atoms with Gasteiger partial charge in [-0.3, -0.25) is 14.6 Å². The van der Waals surface area contributed by atoms with Crippen molar-refractivity contribution in [3.63, 3.8) is 0 Å². The lowest BCUT2D eigenvalue weighted by Gasteiger charge is -1.95. The summed E-state index contributed by atoms with van der Waals surface area (Å²) in [7, 11) is 0. The van der Waals surface area contributed by atoms with E-state index in [4.69, 9.17) is 18.0 Å². The molecule has 0 spiro atoms. The molecule has 0 radical (unpaired) electrons. The molecular formula is C8H8N4O2S2. The van der Waals surface area contributed by atoms with Crippen LogP contribution in [-0.4, -0.2) is 26.7 Å². The Bertz CT molecular complexity index is 586. The van der Waals surface area contributed by atoms with Crippen LogP contribution >= 0.6 is 24.0 Å². The Hall–Kier alpha value is -1.41. The van der Waals surface area contributed by atoms with Crippen LogP contribution in [0, 0.1) is 4.77 Å². The van der Waals surface area contributed by atoms with E-state index in [9.17, 15) is 9.59 Å². The van der Waals surface area contributed by atoms with E-state index < -0.39 is 5.91 Å². The molecule has 0 fully saturated rings. The van der Waals surface area contributed by atoms with E-state index >= 15 is 0 Å². The minimum Gasteiger partial charge on any atom is -0.369 e. The molecule has 16 heavy (non-hydrogen) atoms. The molecule has 0 unspecified atom stereocenters. The first-order valence-corrected chi connectivity index (χ1v) is 5.80. The van der Waals surface area contributed by atoms with E-state index in [-0.39, 0.29) is 16.1 Å². The summed E-state index contributed by atoms with van der Waals surface area (Å²) >= 11 is 6.06. The molecule has 1 amide bonds. The van der Waals surface area contributed by atoms with E-state index in [0.29, 0.717) is 22.8 Å². The molecule has 0 aliphatic carbocycles. The van der Waals surface area contributed by atoms with Gasteiger partial charge in [-0.1, -0.05) is 0 Å². The summed E-state index contributed by atoms with van der Waals surface area (Å²) in [5.74, 6) is 0.220. The third-order valence-electron chi connectivity index (χ3n) is 1.96. The number of aromatic amines is 2. The van der Waals surface area contributed by atoms with Crippen LogP contribution in [0.2, 0.25) is 0 Å². The van der Waals surface area contributed by atoms with Crippen molar-refractivity contribution in [2.75, 3.05) is 5.75 Å². The van der Waals surface area contributed by atoms with Gasteiger partial charge in [-0.05, 0) is 12.2 Å². The molecule has 4 N–H and O–H groups in total. The molecule has 1 aliphatic heterocycles. The first kappa shape index (κ1) is 11.1. The lowest BCUT2D eigenvalue weighted by Crippen LogP contribution is -2.16. The zero-order chi connectivity index (χ0) is 11.7. The van der Waals surface area contributed by atoms with Crippen LogP contribution in [0.25, 0.3) is 0 Å². The Morgan fingerprint density at radius 3 is 3.00 bits per heavy atom. The van der Waals surface area contributed by atoms with E-state index in [1.54, 1.807) is 0 Å². The van der Waals surface area contributed by atoms with E-state index in [0.717, 1.165) is 0 Å². The number of H-pyrrole nitrogens is 2. The Labute approximate surface area is 99.4 Å². The number of aliphatic imine (C=N–C) groups is 1. The van der Waals surface area contributed by atoms with Crippen LogP contribution in [0.15, 0.2) is 9.79 Å². The Morgan fingerprint density at radius 2 is 2.31 bits per heavy atom. The summed E-state index contributed by atoms with van der Waals surface area (Å²) in [6, 6.07) is 0. The largest absolute Gasteiger partial charge is 0.369 e. The number of nitrogens with zero attached hydrogens (tertiary/aromatic N) is 1. The highest BCUT2D eigenvalue weighted by molar-refractivity contribution is 8.14. The number of thioether (sulfide) groups is 1. The quantitative estimate of drug-likeness (QED) is 0.659. The van der Waals surface area contributed by atoms with Crippen LogP contribution in [0.4, 0.5) is 5.82 Å². The summed E-state index contributed by atoms with van der Waals surface area (Å²) in [5.41, 5.74) is 5.33. The molecular weight excluding hydrogens is 248 g/mol. The topological polar surface area (TPSA) is 104 Å². The summed E-state index contributed by atoms with van der Waals surface area (Å²) in [6.07, 6.45) is 0.411. The third kappa shape index (κ3) is 2.22. The Balaban J connectivity index is 2.25. The average molecular weight is 256 g/mol. The number of fused-ring (bicyclic) bond motifs is 1.